The van der Waals surface area contributed by atoms with Crippen LogP contribution in [0.1, 0.15) is 36.9 Å². The van der Waals surface area contributed by atoms with E-state index in [0.717, 1.165) is 22.5 Å². The minimum atomic E-state index is -0.640. The highest BCUT2D eigenvalue weighted by atomic mass is 16.5. The molecule has 5 nitrogen and oxygen atoms in total. The Labute approximate surface area is 154 Å². The Hall–Kier alpha value is -2.53. The van der Waals surface area contributed by atoms with Crippen molar-refractivity contribution in [3.8, 4) is 11.5 Å². The third kappa shape index (κ3) is 3.68. The number of aliphatic hydroxyl groups is 1. The van der Waals surface area contributed by atoms with E-state index in [9.17, 15) is 5.11 Å². The minimum Gasteiger partial charge on any atom is -0.490 e. The van der Waals surface area contributed by atoms with Crippen LogP contribution in [-0.4, -0.2) is 27.9 Å². The van der Waals surface area contributed by atoms with Gasteiger partial charge in [-0.1, -0.05) is 12.1 Å². The molecule has 138 valence electrons. The van der Waals surface area contributed by atoms with Gasteiger partial charge in [-0.25, -0.2) is 4.98 Å². The summed E-state index contributed by atoms with van der Waals surface area (Å²) in [5.41, 5.74) is 4.32. The Kier molecular flexibility index (Phi) is 5.47. The smallest absolute Gasteiger partial charge is 0.161 e. The SMILES string of the molecule is CCOc1ccccc1OCCn1c(C(C)O)nc2cc(C)c(C)cc21. The number of hydrogen-bond donors (Lipinski definition) is 1. The van der Waals surface area contributed by atoms with Crippen LogP contribution in [0.15, 0.2) is 36.4 Å². The van der Waals surface area contributed by atoms with Crippen molar-refractivity contribution in [2.75, 3.05) is 13.2 Å². The van der Waals surface area contributed by atoms with Crippen LogP contribution in [-0.2, 0) is 6.54 Å². The number of ether oxygens (including phenoxy) is 2. The largest absolute Gasteiger partial charge is 0.490 e. The predicted molar refractivity (Wildman–Crippen MR) is 103 cm³/mol. The van der Waals surface area contributed by atoms with Crippen LogP contribution in [0.2, 0.25) is 0 Å². The van der Waals surface area contributed by atoms with Crippen molar-refractivity contribution >= 4 is 11.0 Å². The zero-order valence-corrected chi connectivity index (χ0v) is 15.8. The Balaban J connectivity index is 1.84. The van der Waals surface area contributed by atoms with Gasteiger partial charge in [0.2, 0.25) is 0 Å². The molecule has 2 aromatic carbocycles. The monoisotopic (exact) mass is 354 g/mol. The van der Waals surface area contributed by atoms with Gasteiger partial charge < -0.3 is 19.1 Å². The quantitative estimate of drug-likeness (QED) is 0.691. The third-order valence-electron chi connectivity index (χ3n) is 4.49. The maximum absolute atomic E-state index is 10.1. The molecule has 0 aliphatic carbocycles. The van der Waals surface area contributed by atoms with E-state index in [1.807, 2.05) is 35.8 Å². The first-order valence-electron chi connectivity index (χ1n) is 9.01. The van der Waals surface area contributed by atoms with E-state index in [0.29, 0.717) is 25.6 Å². The van der Waals surface area contributed by atoms with Crippen LogP contribution in [0.3, 0.4) is 0 Å². The van der Waals surface area contributed by atoms with Gasteiger partial charge in [0.15, 0.2) is 11.5 Å². The van der Waals surface area contributed by atoms with Crippen molar-refractivity contribution < 1.29 is 14.6 Å². The molecule has 1 heterocycles. The van der Waals surface area contributed by atoms with Crippen LogP contribution in [0, 0.1) is 13.8 Å². The molecular formula is C21H26N2O3. The fourth-order valence-corrected chi connectivity index (χ4v) is 3.04. The first-order chi connectivity index (χ1) is 12.5. The molecule has 0 saturated heterocycles. The molecule has 26 heavy (non-hydrogen) atoms. The van der Waals surface area contributed by atoms with E-state index in [1.165, 1.54) is 11.1 Å². The molecular weight excluding hydrogens is 328 g/mol. The molecule has 0 radical (unpaired) electrons. The van der Waals surface area contributed by atoms with Gasteiger partial charge in [-0.3, -0.25) is 0 Å². The highest BCUT2D eigenvalue weighted by Gasteiger charge is 2.16. The number of aliphatic hydroxyl groups excluding tert-OH is 1. The van der Waals surface area contributed by atoms with Crippen molar-refractivity contribution in [1.82, 2.24) is 9.55 Å². The first kappa shape index (κ1) is 18.3. The van der Waals surface area contributed by atoms with Crippen molar-refractivity contribution in [1.29, 1.82) is 0 Å². The van der Waals surface area contributed by atoms with E-state index in [1.54, 1.807) is 6.92 Å². The van der Waals surface area contributed by atoms with Gasteiger partial charge in [-0.15, -0.1) is 0 Å². The Morgan fingerprint density at radius 2 is 1.73 bits per heavy atom. The first-order valence-corrected chi connectivity index (χ1v) is 9.01. The molecule has 0 saturated carbocycles. The summed E-state index contributed by atoms with van der Waals surface area (Å²) in [6.45, 7) is 9.50. The lowest BCUT2D eigenvalue weighted by molar-refractivity contribution is 0.181. The van der Waals surface area contributed by atoms with Gasteiger partial charge in [-0.2, -0.15) is 0 Å². The Morgan fingerprint density at radius 1 is 1.08 bits per heavy atom. The van der Waals surface area contributed by atoms with Crippen molar-refractivity contribution in [2.24, 2.45) is 0 Å². The van der Waals surface area contributed by atoms with Gasteiger partial charge in [0.1, 0.15) is 18.5 Å². The summed E-state index contributed by atoms with van der Waals surface area (Å²) < 4.78 is 13.6. The molecule has 0 amide bonds. The van der Waals surface area contributed by atoms with Gasteiger partial charge in [-0.05, 0) is 63.1 Å². The predicted octanol–water partition coefficient (Wildman–Crippen LogP) is 4.18. The van der Waals surface area contributed by atoms with Crippen molar-refractivity contribution in [2.45, 2.75) is 40.3 Å². The number of aromatic nitrogens is 2. The molecule has 1 aromatic heterocycles. The van der Waals surface area contributed by atoms with Gasteiger partial charge in [0.25, 0.3) is 0 Å². The van der Waals surface area contributed by atoms with Gasteiger partial charge in [0.05, 0.1) is 24.2 Å². The summed E-state index contributed by atoms with van der Waals surface area (Å²) in [5.74, 6) is 2.13. The van der Waals surface area contributed by atoms with Crippen LogP contribution < -0.4 is 9.47 Å². The summed E-state index contributed by atoms with van der Waals surface area (Å²) in [6, 6.07) is 11.9. The number of imidazole rings is 1. The standard InChI is InChI=1S/C21H26N2O3/c1-5-25-19-8-6-7-9-20(19)26-11-10-23-18-13-15(3)14(2)12-17(18)22-21(23)16(4)24/h6-9,12-13,16,24H,5,10-11H2,1-4H3. The third-order valence-corrected chi connectivity index (χ3v) is 4.49. The summed E-state index contributed by atoms with van der Waals surface area (Å²) in [5, 5.41) is 10.1. The van der Waals surface area contributed by atoms with Crippen LogP contribution in [0.4, 0.5) is 0 Å². The van der Waals surface area contributed by atoms with Crippen LogP contribution >= 0.6 is 0 Å². The van der Waals surface area contributed by atoms with Crippen molar-refractivity contribution in [3.63, 3.8) is 0 Å². The lowest BCUT2D eigenvalue weighted by atomic mass is 10.1. The molecule has 3 aromatic rings. The molecule has 0 aliphatic heterocycles. The second kappa shape index (κ2) is 7.79. The molecule has 3 rings (SSSR count). The summed E-state index contributed by atoms with van der Waals surface area (Å²) in [6.07, 6.45) is -0.640. The maximum Gasteiger partial charge on any atom is 0.161 e. The molecule has 1 N–H and O–H groups in total. The fraction of sp³-hybridized carbons (Fsp3) is 0.381. The van der Waals surface area contributed by atoms with Gasteiger partial charge in [0, 0.05) is 0 Å². The number of hydrogen-bond acceptors (Lipinski definition) is 4. The average Bonchev–Trinajstić information content (AvgIpc) is 2.95. The normalized spacial score (nSPS) is 12.3. The summed E-state index contributed by atoms with van der Waals surface area (Å²) in [7, 11) is 0. The van der Waals surface area contributed by atoms with Crippen LogP contribution in [0.5, 0.6) is 11.5 Å². The molecule has 0 bridgehead atoms. The van der Waals surface area contributed by atoms with Crippen molar-refractivity contribution in [3.05, 3.63) is 53.3 Å². The van der Waals surface area contributed by atoms with E-state index in [4.69, 9.17) is 9.47 Å². The van der Waals surface area contributed by atoms with E-state index < -0.39 is 6.10 Å². The number of para-hydroxylation sites is 2. The average molecular weight is 354 g/mol. The van der Waals surface area contributed by atoms with Gasteiger partial charge >= 0.3 is 0 Å². The van der Waals surface area contributed by atoms with Crippen LogP contribution in [0.25, 0.3) is 11.0 Å². The topological polar surface area (TPSA) is 56.5 Å². The Bertz CT molecular complexity index is 900. The maximum atomic E-state index is 10.1. The summed E-state index contributed by atoms with van der Waals surface area (Å²) in [4.78, 5) is 4.62. The number of fused-ring (bicyclic) bond motifs is 1. The van der Waals surface area contributed by atoms with E-state index >= 15 is 0 Å². The second-order valence-electron chi connectivity index (χ2n) is 6.45. The zero-order chi connectivity index (χ0) is 18.7. The second-order valence-corrected chi connectivity index (χ2v) is 6.45. The lowest BCUT2D eigenvalue weighted by Crippen LogP contribution is -2.13. The molecule has 5 heteroatoms. The lowest BCUT2D eigenvalue weighted by Gasteiger charge is -2.14. The summed E-state index contributed by atoms with van der Waals surface area (Å²) >= 11 is 0. The fourth-order valence-electron chi connectivity index (χ4n) is 3.04. The molecule has 1 unspecified atom stereocenters. The zero-order valence-electron chi connectivity index (χ0n) is 15.8. The van der Waals surface area contributed by atoms with E-state index in [-0.39, 0.29) is 0 Å². The number of benzene rings is 2. The number of rotatable bonds is 7. The minimum absolute atomic E-state index is 0.461. The highest BCUT2D eigenvalue weighted by molar-refractivity contribution is 5.78. The molecule has 0 aliphatic rings. The van der Waals surface area contributed by atoms with E-state index in [2.05, 4.69) is 31.0 Å². The molecule has 0 fully saturated rings. The highest BCUT2D eigenvalue weighted by Crippen LogP contribution is 2.27. The number of aryl methyl sites for hydroxylation is 2. The molecule has 1 atom stereocenters. The Morgan fingerprint density at radius 3 is 2.38 bits per heavy atom. The number of nitrogens with zero attached hydrogens (tertiary/aromatic N) is 2. The molecule has 0 spiro atoms.